The zero-order chi connectivity index (χ0) is 13.2. The van der Waals surface area contributed by atoms with Crippen molar-refractivity contribution in [3.05, 3.63) is 0 Å². The van der Waals surface area contributed by atoms with E-state index >= 15 is 0 Å². The van der Waals surface area contributed by atoms with Gasteiger partial charge in [0.1, 0.15) is 5.60 Å². The van der Waals surface area contributed by atoms with Crippen LogP contribution >= 0.6 is 12.4 Å². The molecule has 1 spiro atoms. The molecule has 5 heteroatoms. The van der Waals surface area contributed by atoms with Crippen molar-refractivity contribution in [3.63, 3.8) is 0 Å². The van der Waals surface area contributed by atoms with Crippen LogP contribution < -0.4 is 5.32 Å². The highest BCUT2D eigenvalue weighted by molar-refractivity contribution is 5.85. The molecule has 2 rings (SSSR count). The first-order valence-electron chi connectivity index (χ1n) is 7.13. The number of piperidine rings is 2. The molecule has 0 saturated carbocycles. The van der Waals surface area contributed by atoms with Gasteiger partial charge in [-0.25, -0.2) is 4.79 Å². The highest BCUT2D eigenvalue weighted by Gasteiger charge is 2.37. The molecule has 0 aliphatic carbocycles. The summed E-state index contributed by atoms with van der Waals surface area (Å²) in [6.07, 6.45) is 5.83. The van der Waals surface area contributed by atoms with E-state index in [0.29, 0.717) is 5.54 Å². The minimum absolute atomic E-state index is 0. The van der Waals surface area contributed by atoms with Crippen molar-refractivity contribution < 1.29 is 9.53 Å². The maximum atomic E-state index is 12.0. The van der Waals surface area contributed by atoms with Crippen LogP contribution in [-0.4, -0.2) is 41.8 Å². The molecule has 0 unspecified atom stereocenters. The standard InChI is InChI=1S/C14H26N2O2.ClH/c1-13(2,3)18-12(17)16-10-7-14(8-11-16)6-4-5-9-15-14;/h15H,4-11H2,1-3H3;1H. The molecule has 1 N–H and O–H groups in total. The average molecular weight is 291 g/mol. The Morgan fingerprint density at radius 3 is 2.26 bits per heavy atom. The summed E-state index contributed by atoms with van der Waals surface area (Å²) in [4.78, 5) is 13.8. The second-order valence-corrected chi connectivity index (χ2v) is 6.63. The van der Waals surface area contributed by atoms with Crippen molar-refractivity contribution in [2.75, 3.05) is 19.6 Å². The van der Waals surface area contributed by atoms with Gasteiger partial charge in [0.2, 0.25) is 0 Å². The quantitative estimate of drug-likeness (QED) is 0.746. The van der Waals surface area contributed by atoms with E-state index in [9.17, 15) is 4.79 Å². The number of likely N-dealkylation sites (tertiary alicyclic amines) is 1. The molecular weight excluding hydrogens is 264 g/mol. The summed E-state index contributed by atoms with van der Waals surface area (Å²) in [5.74, 6) is 0. The van der Waals surface area contributed by atoms with Gasteiger partial charge < -0.3 is 15.0 Å². The van der Waals surface area contributed by atoms with Crippen molar-refractivity contribution in [3.8, 4) is 0 Å². The fourth-order valence-corrected chi connectivity index (χ4v) is 2.90. The van der Waals surface area contributed by atoms with Crippen LogP contribution in [0, 0.1) is 0 Å². The number of carbonyl (C=O) groups excluding carboxylic acids is 1. The third-order valence-electron chi connectivity index (χ3n) is 3.95. The van der Waals surface area contributed by atoms with E-state index in [2.05, 4.69) is 5.32 Å². The molecular formula is C14H27ClN2O2. The van der Waals surface area contributed by atoms with E-state index < -0.39 is 5.60 Å². The summed E-state index contributed by atoms with van der Waals surface area (Å²) >= 11 is 0. The Kier molecular flexibility index (Phi) is 5.51. The van der Waals surface area contributed by atoms with Crippen LogP contribution in [0.3, 0.4) is 0 Å². The summed E-state index contributed by atoms with van der Waals surface area (Å²) in [7, 11) is 0. The van der Waals surface area contributed by atoms with Gasteiger partial charge in [-0.3, -0.25) is 0 Å². The van der Waals surface area contributed by atoms with E-state index in [1.54, 1.807) is 0 Å². The maximum absolute atomic E-state index is 12.0. The summed E-state index contributed by atoms with van der Waals surface area (Å²) in [5.41, 5.74) is -0.0912. The monoisotopic (exact) mass is 290 g/mol. The van der Waals surface area contributed by atoms with Crippen molar-refractivity contribution in [1.82, 2.24) is 10.2 Å². The van der Waals surface area contributed by atoms with E-state index in [1.807, 2.05) is 25.7 Å². The topological polar surface area (TPSA) is 41.6 Å². The van der Waals surface area contributed by atoms with Gasteiger partial charge in [-0.1, -0.05) is 6.42 Å². The molecule has 2 aliphatic heterocycles. The largest absolute Gasteiger partial charge is 0.444 e. The molecule has 2 fully saturated rings. The molecule has 0 aromatic carbocycles. The predicted octanol–water partition coefficient (Wildman–Crippen LogP) is 2.95. The summed E-state index contributed by atoms with van der Waals surface area (Å²) in [6, 6.07) is 0. The molecule has 112 valence electrons. The second-order valence-electron chi connectivity index (χ2n) is 6.63. The number of nitrogens with one attached hydrogen (secondary N) is 1. The average Bonchev–Trinajstić information content (AvgIpc) is 2.28. The van der Waals surface area contributed by atoms with Gasteiger partial charge in [0.25, 0.3) is 0 Å². The molecule has 2 aliphatic rings. The Balaban J connectivity index is 0.00000180. The number of carbonyl (C=O) groups is 1. The lowest BCUT2D eigenvalue weighted by atomic mass is 9.80. The minimum atomic E-state index is -0.394. The number of hydrogen-bond donors (Lipinski definition) is 1. The molecule has 0 radical (unpaired) electrons. The molecule has 0 atom stereocenters. The molecule has 2 heterocycles. The lowest BCUT2D eigenvalue weighted by Gasteiger charge is -2.45. The predicted molar refractivity (Wildman–Crippen MR) is 78.9 cm³/mol. The lowest BCUT2D eigenvalue weighted by molar-refractivity contribution is 0.0128. The molecule has 0 bridgehead atoms. The first-order chi connectivity index (χ1) is 8.40. The summed E-state index contributed by atoms with van der Waals surface area (Å²) in [6.45, 7) is 8.52. The number of hydrogen-bond acceptors (Lipinski definition) is 3. The van der Waals surface area contributed by atoms with Crippen LogP contribution in [0.4, 0.5) is 4.79 Å². The SMILES string of the molecule is CC(C)(C)OC(=O)N1CCC2(CCCCN2)CC1.Cl. The van der Waals surface area contributed by atoms with Gasteiger partial charge in [-0.2, -0.15) is 0 Å². The minimum Gasteiger partial charge on any atom is -0.444 e. The van der Waals surface area contributed by atoms with E-state index in [1.165, 1.54) is 19.3 Å². The Hall–Kier alpha value is -0.480. The maximum Gasteiger partial charge on any atom is 0.410 e. The van der Waals surface area contributed by atoms with Crippen LogP contribution in [0.25, 0.3) is 0 Å². The number of amides is 1. The molecule has 0 aromatic heterocycles. The number of rotatable bonds is 0. The second kappa shape index (κ2) is 6.31. The van der Waals surface area contributed by atoms with Gasteiger partial charge in [0, 0.05) is 18.6 Å². The van der Waals surface area contributed by atoms with Crippen molar-refractivity contribution in [1.29, 1.82) is 0 Å². The van der Waals surface area contributed by atoms with Crippen LogP contribution in [0.1, 0.15) is 52.9 Å². The first-order valence-corrected chi connectivity index (χ1v) is 7.13. The van der Waals surface area contributed by atoms with E-state index in [4.69, 9.17) is 4.74 Å². The van der Waals surface area contributed by atoms with Gasteiger partial charge in [0.15, 0.2) is 0 Å². The highest BCUT2D eigenvalue weighted by Crippen LogP contribution is 2.30. The highest BCUT2D eigenvalue weighted by atomic mass is 35.5. The third-order valence-corrected chi connectivity index (χ3v) is 3.95. The van der Waals surface area contributed by atoms with Crippen molar-refractivity contribution in [2.24, 2.45) is 0 Å². The number of nitrogens with zero attached hydrogens (tertiary/aromatic N) is 1. The molecule has 19 heavy (non-hydrogen) atoms. The van der Waals surface area contributed by atoms with Gasteiger partial charge in [0.05, 0.1) is 0 Å². The van der Waals surface area contributed by atoms with Crippen LogP contribution in [-0.2, 0) is 4.74 Å². The summed E-state index contributed by atoms with van der Waals surface area (Å²) in [5, 5.41) is 3.66. The van der Waals surface area contributed by atoms with E-state index in [-0.39, 0.29) is 18.5 Å². The molecule has 1 amide bonds. The van der Waals surface area contributed by atoms with Crippen molar-refractivity contribution >= 4 is 18.5 Å². The fourth-order valence-electron chi connectivity index (χ4n) is 2.90. The van der Waals surface area contributed by atoms with Crippen LogP contribution in [0.2, 0.25) is 0 Å². The van der Waals surface area contributed by atoms with Gasteiger partial charge in [-0.05, 0) is 53.0 Å². The fraction of sp³-hybridized carbons (Fsp3) is 0.929. The Morgan fingerprint density at radius 2 is 1.79 bits per heavy atom. The molecule has 2 saturated heterocycles. The van der Waals surface area contributed by atoms with Crippen molar-refractivity contribution in [2.45, 2.75) is 64.0 Å². The summed E-state index contributed by atoms with van der Waals surface area (Å²) < 4.78 is 5.42. The van der Waals surface area contributed by atoms with Gasteiger partial charge in [-0.15, -0.1) is 12.4 Å². The Bertz CT molecular complexity index is 299. The Morgan fingerprint density at radius 1 is 1.16 bits per heavy atom. The molecule has 0 aromatic rings. The lowest BCUT2D eigenvalue weighted by Crippen LogP contribution is -2.56. The smallest absolute Gasteiger partial charge is 0.410 e. The van der Waals surface area contributed by atoms with E-state index in [0.717, 1.165) is 32.5 Å². The van der Waals surface area contributed by atoms with Crippen LogP contribution in [0.5, 0.6) is 0 Å². The number of ether oxygens (including phenoxy) is 1. The number of halogens is 1. The zero-order valence-corrected chi connectivity index (χ0v) is 13.1. The Labute approximate surface area is 122 Å². The normalized spacial score (nSPS) is 22.8. The third kappa shape index (κ3) is 4.53. The van der Waals surface area contributed by atoms with Gasteiger partial charge >= 0.3 is 6.09 Å². The molecule has 4 nitrogen and oxygen atoms in total. The van der Waals surface area contributed by atoms with Crippen LogP contribution in [0.15, 0.2) is 0 Å². The zero-order valence-electron chi connectivity index (χ0n) is 12.3. The first kappa shape index (κ1) is 16.6.